The highest BCUT2D eigenvalue weighted by Crippen LogP contribution is 2.20. The van der Waals surface area contributed by atoms with Crippen LogP contribution in [0.5, 0.6) is 0 Å². The second kappa shape index (κ2) is 7.25. The maximum Gasteiger partial charge on any atom is 0.308 e. The summed E-state index contributed by atoms with van der Waals surface area (Å²) in [7, 11) is 0. The average Bonchev–Trinajstić information content (AvgIpc) is 2.70. The first-order valence-electron chi connectivity index (χ1n) is 6.94. The van der Waals surface area contributed by atoms with Crippen molar-refractivity contribution in [2.45, 2.75) is 45.6 Å². The smallest absolute Gasteiger partial charge is 0.299 e. The predicted octanol–water partition coefficient (Wildman–Crippen LogP) is 4.58. The van der Waals surface area contributed by atoms with Crippen molar-refractivity contribution in [3.8, 4) is 0 Å². The lowest BCUT2D eigenvalue weighted by molar-refractivity contribution is 0.612. The zero-order valence-corrected chi connectivity index (χ0v) is 13.7. The van der Waals surface area contributed by atoms with Gasteiger partial charge in [0.1, 0.15) is 0 Å². The third kappa shape index (κ3) is 3.69. The molecule has 0 N–H and O–H groups in total. The first kappa shape index (κ1) is 14.8. The quantitative estimate of drug-likeness (QED) is 0.533. The molecule has 1 heterocycles. The van der Waals surface area contributed by atoms with Gasteiger partial charge in [0.2, 0.25) is 0 Å². The Bertz CT molecular complexity index is 587. The van der Waals surface area contributed by atoms with Crippen LogP contribution in [0, 0.1) is 0 Å². The van der Waals surface area contributed by atoms with Gasteiger partial charge in [0, 0.05) is 11.9 Å². The molecule has 0 fully saturated rings. The van der Waals surface area contributed by atoms with E-state index in [2.05, 4.69) is 41.1 Å². The van der Waals surface area contributed by atoms with E-state index < -0.39 is 0 Å². The fourth-order valence-electron chi connectivity index (χ4n) is 2.31. The first-order valence-corrected chi connectivity index (χ1v) is 8.88. The number of hydrogen-bond acceptors (Lipinski definition) is 2. The molecule has 0 bridgehead atoms. The van der Waals surface area contributed by atoms with Crippen LogP contribution < -0.4 is 4.87 Å². The van der Waals surface area contributed by atoms with Gasteiger partial charge in [-0.25, -0.2) is 0 Å². The summed E-state index contributed by atoms with van der Waals surface area (Å²) in [6.07, 6.45) is 5.66. The molecular formula is C15H20BrNOS. The van der Waals surface area contributed by atoms with E-state index in [0.29, 0.717) is 0 Å². The molecule has 1 aromatic heterocycles. The molecule has 2 rings (SSSR count). The molecule has 0 aliphatic heterocycles. The van der Waals surface area contributed by atoms with E-state index in [1.807, 2.05) is 4.57 Å². The molecule has 2 aromatic rings. The Morgan fingerprint density at radius 2 is 2.11 bits per heavy atom. The maximum absolute atomic E-state index is 12.0. The molecule has 1 aromatic carbocycles. The van der Waals surface area contributed by atoms with Crippen LogP contribution in [-0.4, -0.2) is 9.90 Å². The normalized spacial score (nSPS) is 11.3. The summed E-state index contributed by atoms with van der Waals surface area (Å²) in [6, 6.07) is 6.45. The Morgan fingerprint density at radius 1 is 1.26 bits per heavy atom. The molecule has 0 unspecified atom stereocenters. The molecule has 0 atom stereocenters. The van der Waals surface area contributed by atoms with Gasteiger partial charge in [0.15, 0.2) is 0 Å². The lowest BCUT2D eigenvalue weighted by atomic mass is 10.1. The van der Waals surface area contributed by atoms with E-state index in [1.165, 1.54) is 29.7 Å². The zero-order chi connectivity index (χ0) is 13.7. The van der Waals surface area contributed by atoms with Crippen molar-refractivity contribution in [3.05, 3.63) is 33.4 Å². The van der Waals surface area contributed by atoms with Crippen LogP contribution in [0.2, 0.25) is 0 Å². The SMILES string of the molecule is CCCc1ccc2c(c1)sc(=O)n2CCCCCBr. The Morgan fingerprint density at radius 3 is 2.84 bits per heavy atom. The minimum atomic E-state index is 0.183. The maximum atomic E-state index is 12.0. The van der Waals surface area contributed by atoms with Crippen molar-refractivity contribution in [3.63, 3.8) is 0 Å². The molecule has 0 aliphatic carbocycles. The number of unbranched alkanes of at least 4 members (excludes halogenated alkanes) is 2. The fraction of sp³-hybridized carbons (Fsp3) is 0.533. The molecule has 0 spiro atoms. The van der Waals surface area contributed by atoms with Crippen LogP contribution in [0.1, 0.15) is 38.2 Å². The molecular weight excluding hydrogens is 322 g/mol. The van der Waals surface area contributed by atoms with Gasteiger partial charge in [-0.05, 0) is 37.0 Å². The number of aromatic nitrogens is 1. The fourth-order valence-corrected chi connectivity index (χ4v) is 3.69. The van der Waals surface area contributed by atoms with E-state index in [0.717, 1.165) is 41.4 Å². The summed E-state index contributed by atoms with van der Waals surface area (Å²) in [5, 5.41) is 1.05. The summed E-state index contributed by atoms with van der Waals surface area (Å²) in [5.41, 5.74) is 2.44. The Kier molecular flexibility index (Phi) is 5.64. The highest BCUT2D eigenvalue weighted by Gasteiger charge is 2.07. The number of nitrogens with zero attached hydrogens (tertiary/aromatic N) is 1. The Labute approximate surface area is 126 Å². The number of hydrogen-bond donors (Lipinski definition) is 0. The summed E-state index contributed by atoms with van der Waals surface area (Å²) in [4.78, 5) is 12.2. The third-order valence-electron chi connectivity index (χ3n) is 3.29. The minimum Gasteiger partial charge on any atom is -0.299 e. The van der Waals surface area contributed by atoms with E-state index in [4.69, 9.17) is 0 Å². The van der Waals surface area contributed by atoms with Crippen molar-refractivity contribution in [1.29, 1.82) is 0 Å². The highest BCUT2D eigenvalue weighted by atomic mass is 79.9. The second-order valence-corrected chi connectivity index (χ2v) is 6.61. The van der Waals surface area contributed by atoms with Crippen LogP contribution in [0.4, 0.5) is 0 Å². The van der Waals surface area contributed by atoms with E-state index in [9.17, 15) is 4.79 Å². The van der Waals surface area contributed by atoms with Crippen molar-refractivity contribution in [2.75, 3.05) is 5.33 Å². The third-order valence-corrected chi connectivity index (χ3v) is 4.79. The van der Waals surface area contributed by atoms with E-state index >= 15 is 0 Å². The topological polar surface area (TPSA) is 22.0 Å². The molecule has 19 heavy (non-hydrogen) atoms. The number of aryl methyl sites for hydroxylation is 2. The van der Waals surface area contributed by atoms with Crippen LogP contribution in [0.3, 0.4) is 0 Å². The van der Waals surface area contributed by atoms with Crippen molar-refractivity contribution < 1.29 is 0 Å². The van der Waals surface area contributed by atoms with Gasteiger partial charge in [-0.1, -0.05) is 53.1 Å². The first-order chi connectivity index (χ1) is 9.26. The van der Waals surface area contributed by atoms with Gasteiger partial charge in [-0.15, -0.1) is 0 Å². The lowest BCUT2D eigenvalue weighted by Crippen LogP contribution is -2.12. The van der Waals surface area contributed by atoms with E-state index in [1.54, 1.807) is 0 Å². The second-order valence-electron chi connectivity index (χ2n) is 4.82. The summed E-state index contributed by atoms with van der Waals surface area (Å²) >= 11 is 4.82. The molecule has 0 radical (unpaired) electrons. The lowest BCUT2D eigenvalue weighted by Gasteiger charge is -2.04. The van der Waals surface area contributed by atoms with Gasteiger partial charge in [0.05, 0.1) is 10.2 Å². The van der Waals surface area contributed by atoms with Gasteiger partial charge in [-0.2, -0.15) is 0 Å². The number of fused-ring (bicyclic) bond motifs is 1. The summed E-state index contributed by atoms with van der Waals surface area (Å²) < 4.78 is 3.07. The molecule has 2 nitrogen and oxygen atoms in total. The summed E-state index contributed by atoms with van der Waals surface area (Å²) in [5.74, 6) is 0. The Balaban J connectivity index is 2.19. The molecule has 4 heteroatoms. The van der Waals surface area contributed by atoms with Gasteiger partial charge < -0.3 is 0 Å². The van der Waals surface area contributed by atoms with Crippen molar-refractivity contribution in [2.24, 2.45) is 0 Å². The standard InChI is InChI=1S/C15H20BrNOS/c1-2-6-12-7-8-13-14(11-12)19-15(18)17(13)10-5-3-4-9-16/h7-8,11H,2-6,9-10H2,1H3. The van der Waals surface area contributed by atoms with Gasteiger partial charge >= 0.3 is 4.87 Å². The molecule has 0 saturated carbocycles. The molecule has 0 amide bonds. The average molecular weight is 342 g/mol. The Hall–Kier alpha value is -0.610. The van der Waals surface area contributed by atoms with Crippen LogP contribution in [0.25, 0.3) is 10.2 Å². The van der Waals surface area contributed by atoms with Crippen LogP contribution in [-0.2, 0) is 13.0 Å². The van der Waals surface area contributed by atoms with Gasteiger partial charge in [-0.3, -0.25) is 9.36 Å². The van der Waals surface area contributed by atoms with Crippen molar-refractivity contribution >= 4 is 37.5 Å². The summed E-state index contributed by atoms with van der Waals surface area (Å²) in [6.45, 7) is 3.03. The number of thiazole rings is 1. The van der Waals surface area contributed by atoms with Crippen LogP contribution >= 0.6 is 27.3 Å². The van der Waals surface area contributed by atoms with Gasteiger partial charge in [0.25, 0.3) is 0 Å². The largest absolute Gasteiger partial charge is 0.308 e. The number of benzene rings is 1. The minimum absolute atomic E-state index is 0.183. The van der Waals surface area contributed by atoms with Crippen LogP contribution in [0.15, 0.2) is 23.0 Å². The molecule has 0 aliphatic rings. The molecule has 104 valence electrons. The number of halogens is 1. The number of rotatable bonds is 7. The number of alkyl halides is 1. The highest BCUT2D eigenvalue weighted by molar-refractivity contribution is 9.09. The predicted molar refractivity (Wildman–Crippen MR) is 87.7 cm³/mol. The monoisotopic (exact) mass is 341 g/mol. The molecule has 0 saturated heterocycles. The van der Waals surface area contributed by atoms with E-state index in [-0.39, 0.29) is 4.87 Å². The van der Waals surface area contributed by atoms with Crippen molar-refractivity contribution in [1.82, 2.24) is 4.57 Å². The zero-order valence-electron chi connectivity index (χ0n) is 11.3.